The van der Waals surface area contributed by atoms with E-state index >= 15 is 0 Å². The maximum absolute atomic E-state index is 5.83. The number of nitrogens with one attached hydrogen (secondary N) is 2. The van der Waals surface area contributed by atoms with Crippen LogP contribution in [0, 0.1) is 0 Å². The highest BCUT2D eigenvalue weighted by Gasteiger charge is 1.99. The van der Waals surface area contributed by atoms with Crippen molar-refractivity contribution in [2.24, 2.45) is 0 Å². The van der Waals surface area contributed by atoms with Crippen LogP contribution in [0.1, 0.15) is 5.56 Å². The monoisotopic (exact) mass is 307 g/mol. The number of rotatable bonds is 4. The number of pyridine rings is 1. The number of thiocarbonyl (C=S) groups is 1. The van der Waals surface area contributed by atoms with Gasteiger partial charge in [-0.05, 0) is 36.0 Å². The van der Waals surface area contributed by atoms with Crippen LogP contribution in [0.3, 0.4) is 0 Å². The standard InChI is InChI=1S/C14H14ClN3OS/c1-19-13-7-6-12(9-16-13)18-14(20)17-8-10-2-4-11(15)5-3-10/h2-7,9H,8H2,1H3,(H2,17,18,20). The summed E-state index contributed by atoms with van der Waals surface area (Å²) in [6.45, 7) is 0.632. The first-order valence-corrected chi connectivity index (χ1v) is 6.75. The number of ether oxygens (including phenoxy) is 1. The van der Waals surface area contributed by atoms with E-state index in [1.165, 1.54) is 0 Å². The lowest BCUT2D eigenvalue weighted by Crippen LogP contribution is -2.27. The Morgan fingerprint density at radius 2 is 2.00 bits per heavy atom. The smallest absolute Gasteiger partial charge is 0.213 e. The molecule has 1 aromatic carbocycles. The van der Waals surface area contributed by atoms with Crippen LogP contribution >= 0.6 is 23.8 Å². The average Bonchev–Trinajstić information content (AvgIpc) is 2.47. The van der Waals surface area contributed by atoms with E-state index in [-0.39, 0.29) is 0 Å². The highest BCUT2D eigenvalue weighted by atomic mass is 35.5. The molecule has 0 aliphatic carbocycles. The van der Waals surface area contributed by atoms with Gasteiger partial charge in [-0.2, -0.15) is 0 Å². The molecule has 0 unspecified atom stereocenters. The van der Waals surface area contributed by atoms with Gasteiger partial charge in [0, 0.05) is 17.6 Å². The Morgan fingerprint density at radius 3 is 2.60 bits per heavy atom. The Kier molecular flexibility index (Phi) is 5.15. The molecule has 0 spiro atoms. The van der Waals surface area contributed by atoms with E-state index in [0.717, 1.165) is 16.3 Å². The fourth-order valence-corrected chi connectivity index (χ4v) is 1.85. The number of hydrogen-bond acceptors (Lipinski definition) is 3. The third-order valence-electron chi connectivity index (χ3n) is 2.57. The topological polar surface area (TPSA) is 46.2 Å². The molecule has 2 aromatic rings. The van der Waals surface area contributed by atoms with Gasteiger partial charge in [-0.3, -0.25) is 0 Å². The van der Waals surface area contributed by atoms with Gasteiger partial charge in [-0.25, -0.2) is 4.98 Å². The van der Waals surface area contributed by atoms with E-state index in [1.807, 2.05) is 30.3 Å². The number of anilines is 1. The number of nitrogens with zero attached hydrogens (tertiary/aromatic N) is 1. The summed E-state index contributed by atoms with van der Waals surface area (Å²) in [5.74, 6) is 0.565. The molecule has 0 fully saturated rings. The zero-order valence-corrected chi connectivity index (χ0v) is 12.5. The predicted octanol–water partition coefficient (Wildman–Crippen LogP) is 3.23. The molecule has 0 atom stereocenters. The summed E-state index contributed by atoms with van der Waals surface area (Å²) in [4.78, 5) is 4.09. The van der Waals surface area contributed by atoms with Gasteiger partial charge in [-0.15, -0.1) is 0 Å². The van der Waals surface area contributed by atoms with E-state index in [2.05, 4.69) is 15.6 Å². The zero-order valence-electron chi connectivity index (χ0n) is 10.9. The molecule has 1 heterocycles. The number of aromatic nitrogens is 1. The van der Waals surface area contributed by atoms with Crippen LogP contribution in [-0.2, 0) is 6.54 Å². The first-order valence-electron chi connectivity index (χ1n) is 5.97. The van der Waals surface area contributed by atoms with Crippen molar-refractivity contribution in [3.63, 3.8) is 0 Å². The molecule has 104 valence electrons. The van der Waals surface area contributed by atoms with E-state index < -0.39 is 0 Å². The van der Waals surface area contributed by atoms with Crippen LogP contribution in [0.15, 0.2) is 42.6 Å². The summed E-state index contributed by atoms with van der Waals surface area (Å²) >= 11 is 11.0. The maximum atomic E-state index is 5.83. The third-order valence-corrected chi connectivity index (χ3v) is 3.07. The van der Waals surface area contributed by atoms with Crippen molar-refractivity contribution in [1.82, 2.24) is 10.3 Å². The van der Waals surface area contributed by atoms with E-state index in [9.17, 15) is 0 Å². The summed E-state index contributed by atoms with van der Waals surface area (Å²) in [7, 11) is 1.58. The minimum Gasteiger partial charge on any atom is -0.481 e. The summed E-state index contributed by atoms with van der Waals surface area (Å²) < 4.78 is 4.99. The predicted molar refractivity (Wildman–Crippen MR) is 85.3 cm³/mol. The number of hydrogen-bond donors (Lipinski definition) is 2. The van der Waals surface area contributed by atoms with Gasteiger partial charge in [0.1, 0.15) is 0 Å². The van der Waals surface area contributed by atoms with Crippen LogP contribution in [0.5, 0.6) is 5.88 Å². The molecule has 1 aromatic heterocycles. The Hall–Kier alpha value is -1.85. The van der Waals surface area contributed by atoms with Crippen molar-refractivity contribution in [1.29, 1.82) is 0 Å². The highest BCUT2D eigenvalue weighted by molar-refractivity contribution is 7.80. The van der Waals surface area contributed by atoms with Crippen molar-refractivity contribution in [3.8, 4) is 5.88 Å². The molecule has 0 amide bonds. The van der Waals surface area contributed by atoms with Crippen LogP contribution in [0.25, 0.3) is 0 Å². The van der Waals surface area contributed by atoms with Crippen molar-refractivity contribution in [2.75, 3.05) is 12.4 Å². The van der Waals surface area contributed by atoms with Gasteiger partial charge in [-0.1, -0.05) is 23.7 Å². The Bertz CT molecular complexity index is 572. The Morgan fingerprint density at radius 1 is 1.25 bits per heavy atom. The molecule has 2 rings (SSSR count). The van der Waals surface area contributed by atoms with Crippen LogP contribution in [0.2, 0.25) is 5.02 Å². The second-order valence-corrected chi connectivity index (χ2v) is 4.87. The summed E-state index contributed by atoms with van der Waals surface area (Å²) in [6, 6.07) is 11.2. The summed E-state index contributed by atoms with van der Waals surface area (Å²) in [5, 5.41) is 7.42. The molecule has 0 radical (unpaired) electrons. The summed E-state index contributed by atoms with van der Waals surface area (Å²) in [6.07, 6.45) is 1.66. The molecular weight excluding hydrogens is 294 g/mol. The SMILES string of the molecule is COc1ccc(NC(=S)NCc2ccc(Cl)cc2)cn1. The summed E-state index contributed by atoms with van der Waals surface area (Å²) in [5.41, 5.74) is 1.91. The Labute approximate surface area is 128 Å². The largest absolute Gasteiger partial charge is 0.481 e. The van der Waals surface area contributed by atoms with Crippen molar-refractivity contribution < 1.29 is 4.74 Å². The third kappa shape index (κ3) is 4.36. The van der Waals surface area contributed by atoms with Crippen molar-refractivity contribution >= 4 is 34.6 Å². The molecule has 6 heteroatoms. The van der Waals surface area contributed by atoms with E-state index in [1.54, 1.807) is 19.4 Å². The molecule has 4 nitrogen and oxygen atoms in total. The van der Waals surface area contributed by atoms with Crippen LogP contribution in [-0.4, -0.2) is 17.2 Å². The second kappa shape index (κ2) is 7.07. The minimum atomic E-state index is 0.534. The fraction of sp³-hybridized carbons (Fsp3) is 0.143. The van der Waals surface area contributed by atoms with Crippen molar-refractivity contribution in [2.45, 2.75) is 6.54 Å². The number of methoxy groups -OCH3 is 1. The molecule has 0 saturated heterocycles. The normalized spacial score (nSPS) is 9.90. The first kappa shape index (κ1) is 14.6. The first-order chi connectivity index (χ1) is 9.67. The van der Waals surface area contributed by atoms with Crippen molar-refractivity contribution in [3.05, 3.63) is 53.2 Å². The number of benzene rings is 1. The van der Waals surface area contributed by atoms with Crippen LogP contribution < -0.4 is 15.4 Å². The maximum Gasteiger partial charge on any atom is 0.213 e. The second-order valence-electron chi connectivity index (χ2n) is 4.02. The zero-order chi connectivity index (χ0) is 14.4. The van der Waals surface area contributed by atoms with E-state index in [0.29, 0.717) is 17.5 Å². The average molecular weight is 308 g/mol. The quantitative estimate of drug-likeness (QED) is 0.849. The van der Waals surface area contributed by atoms with Gasteiger partial charge < -0.3 is 15.4 Å². The molecule has 0 saturated carbocycles. The fourth-order valence-electron chi connectivity index (χ4n) is 1.53. The van der Waals surface area contributed by atoms with Gasteiger partial charge in [0.05, 0.1) is 19.0 Å². The number of halogens is 1. The van der Waals surface area contributed by atoms with Gasteiger partial charge in [0.15, 0.2) is 5.11 Å². The minimum absolute atomic E-state index is 0.534. The van der Waals surface area contributed by atoms with Gasteiger partial charge in [0.2, 0.25) is 5.88 Å². The molecule has 0 bridgehead atoms. The highest BCUT2D eigenvalue weighted by Crippen LogP contribution is 2.11. The molecular formula is C14H14ClN3OS. The van der Waals surface area contributed by atoms with Crippen LogP contribution in [0.4, 0.5) is 5.69 Å². The van der Waals surface area contributed by atoms with E-state index in [4.69, 9.17) is 28.6 Å². The molecule has 0 aliphatic rings. The lowest BCUT2D eigenvalue weighted by Gasteiger charge is -2.10. The van der Waals surface area contributed by atoms with Gasteiger partial charge >= 0.3 is 0 Å². The molecule has 0 aliphatic heterocycles. The molecule has 2 N–H and O–H groups in total. The molecule has 20 heavy (non-hydrogen) atoms. The van der Waals surface area contributed by atoms with Gasteiger partial charge in [0.25, 0.3) is 0 Å². The Balaban J connectivity index is 1.84. The lowest BCUT2D eigenvalue weighted by atomic mass is 10.2. The lowest BCUT2D eigenvalue weighted by molar-refractivity contribution is 0.398.